The van der Waals surface area contributed by atoms with E-state index in [1.165, 1.54) is 0 Å². The van der Waals surface area contributed by atoms with Gasteiger partial charge in [-0.25, -0.2) is 9.59 Å². The van der Waals surface area contributed by atoms with E-state index in [2.05, 4.69) is 5.32 Å². The number of hydrogen-bond acceptors (Lipinski definition) is 3. The van der Waals surface area contributed by atoms with Gasteiger partial charge in [-0.1, -0.05) is 84.9 Å². The first-order valence-corrected chi connectivity index (χ1v) is 13.3. The molecule has 1 amide bonds. The molecule has 0 aromatic heterocycles. The first-order chi connectivity index (χ1) is 17.1. The third kappa shape index (κ3) is 5.76. The van der Waals surface area contributed by atoms with Crippen molar-refractivity contribution in [2.45, 2.75) is 12.6 Å². The van der Waals surface area contributed by atoms with Gasteiger partial charge in [0.1, 0.15) is 35.9 Å². The Morgan fingerprint density at radius 1 is 0.686 bits per heavy atom. The number of carboxylic acid groups (broad SMARTS) is 1. The molecule has 0 saturated carbocycles. The zero-order valence-corrected chi connectivity index (χ0v) is 20.1. The SMILES string of the molecule is O=C(N[C@@H](C[P+](c1ccccc1)(c1ccccc1)c1ccccc1)C(=O)O)OCc1ccccc1. The van der Waals surface area contributed by atoms with Crippen LogP contribution in [0.4, 0.5) is 4.79 Å². The Labute approximate surface area is 205 Å². The summed E-state index contributed by atoms with van der Waals surface area (Å²) >= 11 is 0. The van der Waals surface area contributed by atoms with Crippen LogP contribution >= 0.6 is 7.26 Å². The van der Waals surface area contributed by atoms with Crippen LogP contribution in [0, 0.1) is 0 Å². The van der Waals surface area contributed by atoms with Gasteiger partial charge in [-0.2, -0.15) is 0 Å². The molecule has 2 N–H and O–H groups in total. The van der Waals surface area contributed by atoms with E-state index >= 15 is 0 Å². The highest BCUT2D eigenvalue weighted by Crippen LogP contribution is 2.55. The average molecular weight is 485 g/mol. The second-order valence-corrected chi connectivity index (χ2v) is 11.6. The van der Waals surface area contributed by atoms with Gasteiger partial charge in [0.05, 0.1) is 0 Å². The summed E-state index contributed by atoms with van der Waals surface area (Å²) in [5, 5.41) is 15.9. The number of carbonyl (C=O) groups is 2. The van der Waals surface area contributed by atoms with Crippen LogP contribution in [-0.2, 0) is 16.1 Å². The third-order valence-corrected chi connectivity index (χ3v) is 10.3. The van der Waals surface area contributed by atoms with Crippen LogP contribution in [0.25, 0.3) is 0 Å². The van der Waals surface area contributed by atoms with Crippen molar-refractivity contribution in [3.63, 3.8) is 0 Å². The number of amides is 1. The first kappa shape index (κ1) is 24.2. The van der Waals surface area contributed by atoms with Crippen molar-refractivity contribution in [1.82, 2.24) is 5.32 Å². The maximum absolute atomic E-state index is 12.6. The van der Waals surface area contributed by atoms with Crippen LogP contribution in [-0.4, -0.2) is 29.4 Å². The Morgan fingerprint density at radius 2 is 1.09 bits per heavy atom. The van der Waals surface area contributed by atoms with E-state index in [1.54, 1.807) is 0 Å². The summed E-state index contributed by atoms with van der Waals surface area (Å²) < 4.78 is 5.34. The largest absolute Gasteiger partial charge is 0.480 e. The molecule has 0 aliphatic rings. The Hall–Kier alpha value is -3.95. The number of ether oxygens (including phenoxy) is 1. The van der Waals surface area contributed by atoms with Crippen molar-refractivity contribution in [2.24, 2.45) is 0 Å². The minimum atomic E-state index is -2.45. The molecule has 0 aliphatic heterocycles. The predicted octanol–water partition coefficient (Wildman–Crippen LogP) is 4.36. The standard InChI is InChI=1S/C29H26NO4P/c31-28(32)27(30-29(33)34-21-23-13-5-1-6-14-23)22-35(24-15-7-2-8-16-24,25-17-9-3-10-18-25)26-19-11-4-12-20-26/h1-20,27H,21-22H2,(H-,30,31,32,33)/p+1/t27-/m0/s1. The number of carbonyl (C=O) groups excluding carboxylic acids is 1. The summed E-state index contributed by atoms with van der Waals surface area (Å²) in [6.45, 7) is 0.0648. The summed E-state index contributed by atoms with van der Waals surface area (Å²) in [6.07, 6.45) is -0.547. The van der Waals surface area contributed by atoms with E-state index in [0.717, 1.165) is 21.5 Å². The second kappa shape index (κ2) is 11.5. The van der Waals surface area contributed by atoms with Gasteiger partial charge in [0, 0.05) is 0 Å². The molecule has 1 atom stereocenters. The molecule has 0 radical (unpaired) electrons. The number of nitrogens with one attached hydrogen (secondary N) is 1. The Bertz CT molecular complexity index is 1140. The summed E-state index contributed by atoms with van der Waals surface area (Å²) in [7, 11) is -2.45. The lowest BCUT2D eigenvalue weighted by molar-refractivity contribution is -0.138. The van der Waals surface area contributed by atoms with Crippen LogP contribution in [0.3, 0.4) is 0 Å². The molecule has 5 nitrogen and oxygen atoms in total. The molecule has 0 bridgehead atoms. The highest BCUT2D eigenvalue weighted by atomic mass is 31.2. The highest BCUT2D eigenvalue weighted by Gasteiger charge is 2.49. The minimum absolute atomic E-state index is 0.0648. The van der Waals surface area contributed by atoms with E-state index in [-0.39, 0.29) is 12.8 Å². The molecule has 176 valence electrons. The summed E-state index contributed by atoms with van der Waals surface area (Å²) in [6, 6.07) is 38.0. The fourth-order valence-electron chi connectivity index (χ4n) is 4.18. The quantitative estimate of drug-likeness (QED) is 0.346. The Balaban J connectivity index is 1.71. The summed E-state index contributed by atoms with van der Waals surface area (Å²) in [5.41, 5.74) is 0.828. The van der Waals surface area contributed by atoms with Crippen LogP contribution in [0.2, 0.25) is 0 Å². The number of hydrogen-bond donors (Lipinski definition) is 2. The van der Waals surface area contributed by atoms with E-state index in [1.807, 2.05) is 121 Å². The molecule has 4 aromatic carbocycles. The van der Waals surface area contributed by atoms with Crippen LogP contribution in [0.15, 0.2) is 121 Å². The molecular formula is C29H27NO4P+. The van der Waals surface area contributed by atoms with E-state index in [9.17, 15) is 14.7 Å². The molecule has 0 spiro atoms. The first-order valence-electron chi connectivity index (χ1n) is 11.3. The van der Waals surface area contributed by atoms with Gasteiger partial charge in [-0.05, 0) is 42.0 Å². The zero-order valence-electron chi connectivity index (χ0n) is 19.2. The van der Waals surface area contributed by atoms with E-state index in [0.29, 0.717) is 0 Å². The van der Waals surface area contributed by atoms with Crippen molar-refractivity contribution in [2.75, 3.05) is 6.16 Å². The number of carboxylic acids is 1. The maximum Gasteiger partial charge on any atom is 0.408 e. The third-order valence-electron chi connectivity index (χ3n) is 5.85. The van der Waals surface area contributed by atoms with E-state index in [4.69, 9.17) is 4.74 Å². The van der Waals surface area contributed by atoms with Crippen LogP contribution in [0.5, 0.6) is 0 Å². The number of alkyl carbamates (subject to hydrolysis) is 1. The summed E-state index contributed by atoms with van der Waals surface area (Å²) in [4.78, 5) is 25.1. The van der Waals surface area contributed by atoms with E-state index < -0.39 is 25.4 Å². The summed E-state index contributed by atoms with van der Waals surface area (Å²) in [5.74, 6) is -1.10. The van der Waals surface area contributed by atoms with Crippen molar-refractivity contribution in [3.8, 4) is 0 Å². The molecule has 0 heterocycles. The van der Waals surface area contributed by atoms with Gasteiger partial charge in [-0.15, -0.1) is 0 Å². The van der Waals surface area contributed by atoms with Crippen molar-refractivity contribution >= 4 is 35.2 Å². The minimum Gasteiger partial charge on any atom is -0.480 e. The molecule has 4 aromatic rings. The lowest BCUT2D eigenvalue weighted by Gasteiger charge is -2.30. The van der Waals surface area contributed by atoms with Gasteiger partial charge in [0.25, 0.3) is 0 Å². The molecule has 0 fully saturated rings. The van der Waals surface area contributed by atoms with Crippen LogP contribution in [0.1, 0.15) is 5.56 Å². The number of aliphatic carboxylic acids is 1. The van der Waals surface area contributed by atoms with Gasteiger partial charge < -0.3 is 15.2 Å². The fourth-order valence-corrected chi connectivity index (χ4v) is 8.54. The van der Waals surface area contributed by atoms with Gasteiger partial charge in [-0.3, -0.25) is 0 Å². The zero-order chi connectivity index (χ0) is 24.5. The molecule has 0 aliphatic carbocycles. The number of benzene rings is 4. The topological polar surface area (TPSA) is 75.6 Å². The molecule has 0 saturated heterocycles. The lowest BCUT2D eigenvalue weighted by Crippen LogP contribution is -2.48. The van der Waals surface area contributed by atoms with Gasteiger partial charge >= 0.3 is 12.1 Å². The Morgan fingerprint density at radius 3 is 1.49 bits per heavy atom. The van der Waals surface area contributed by atoms with Crippen LogP contribution < -0.4 is 21.2 Å². The normalized spacial score (nSPS) is 11.9. The smallest absolute Gasteiger partial charge is 0.408 e. The highest BCUT2D eigenvalue weighted by molar-refractivity contribution is 7.95. The maximum atomic E-state index is 12.6. The average Bonchev–Trinajstić information content (AvgIpc) is 2.92. The van der Waals surface area contributed by atoms with Crippen molar-refractivity contribution in [3.05, 3.63) is 127 Å². The van der Waals surface area contributed by atoms with Gasteiger partial charge in [0.15, 0.2) is 6.04 Å². The van der Waals surface area contributed by atoms with Gasteiger partial charge in [0.2, 0.25) is 0 Å². The fraction of sp³-hybridized carbons (Fsp3) is 0.103. The molecule has 4 rings (SSSR count). The molecule has 35 heavy (non-hydrogen) atoms. The number of rotatable bonds is 9. The Kier molecular flexibility index (Phi) is 7.92. The second-order valence-electron chi connectivity index (χ2n) is 8.10. The molecular weight excluding hydrogens is 457 g/mol. The van der Waals surface area contributed by atoms with Crippen molar-refractivity contribution < 1.29 is 19.4 Å². The molecule has 6 heteroatoms. The lowest BCUT2D eigenvalue weighted by atomic mass is 10.2. The van der Waals surface area contributed by atoms with Crippen molar-refractivity contribution in [1.29, 1.82) is 0 Å². The predicted molar refractivity (Wildman–Crippen MR) is 141 cm³/mol. The molecule has 0 unspecified atom stereocenters. The monoisotopic (exact) mass is 484 g/mol.